The van der Waals surface area contributed by atoms with Crippen molar-refractivity contribution in [3.8, 4) is 0 Å². The van der Waals surface area contributed by atoms with Crippen molar-refractivity contribution in [2.75, 3.05) is 37.0 Å². The van der Waals surface area contributed by atoms with Crippen molar-refractivity contribution < 1.29 is 14.9 Å². The third-order valence-corrected chi connectivity index (χ3v) is 2.56. The summed E-state index contributed by atoms with van der Waals surface area (Å²) in [6.07, 6.45) is 0.990. The highest BCUT2D eigenvalue weighted by molar-refractivity contribution is 5.48. The van der Waals surface area contributed by atoms with Crippen LogP contribution >= 0.6 is 0 Å². The van der Waals surface area contributed by atoms with Gasteiger partial charge in [0.05, 0.1) is 19.3 Å². The van der Waals surface area contributed by atoms with Gasteiger partial charge in [-0.25, -0.2) is 9.97 Å². The molecule has 0 spiro atoms. The summed E-state index contributed by atoms with van der Waals surface area (Å²) < 4.78 is 5.31. The summed E-state index contributed by atoms with van der Waals surface area (Å²) >= 11 is 0. The van der Waals surface area contributed by atoms with Gasteiger partial charge in [-0.15, -0.1) is 0 Å². The fourth-order valence-corrected chi connectivity index (χ4v) is 1.53. The van der Waals surface area contributed by atoms with E-state index in [-0.39, 0.29) is 13.2 Å². The van der Waals surface area contributed by atoms with E-state index in [1.165, 1.54) is 0 Å². The average molecular weight is 284 g/mol. The minimum atomic E-state index is -0.441. The molecule has 0 aliphatic rings. The molecule has 0 unspecified atom stereocenters. The molecule has 0 aliphatic carbocycles. The number of hydrogen-bond acceptors (Lipinski definition) is 7. The van der Waals surface area contributed by atoms with Gasteiger partial charge >= 0.3 is 0 Å². The van der Waals surface area contributed by atoms with Gasteiger partial charge in [0, 0.05) is 19.2 Å². The van der Waals surface area contributed by atoms with Crippen molar-refractivity contribution >= 4 is 11.6 Å². The summed E-state index contributed by atoms with van der Waals surface area (Å²) in [6, 6.07) is 1.31. The second kappa shape index (κ2) is 9.46. The van der Waals surface area contributed by atoms with Gasteiger partial charge in [-0.1, -0.05) is 6.92 Å². The summed E-state index contributed by atoms with van der Waals surface area (Å²) in [4.78, 5) is 8.66. The lowest BCUT2D eigenvalue weighted by atomic mass is 10.3. The maximum Gasteiger partial charge on any atom is 0.158 e. The van der Waals surface area contributed by atoms with E-state index in [1.54, 1.807) is 6.07 Å². The molecule has 20 heavy (non-hydrogen) atoms. The van der Waals surface area contributed by atoms with Gasteiger partial charge in [-0.2, -0.15) is 0 Å². The lowest BCUT2D eigenvalue weighted by Crippen LogP contribution is -2.28. The highest BCUT2D eigenvalue weighted by Crippen LogP contribution is 2.13. The van der Waals surface area contributed by atoms with Gasteiger partial charge in [0.25, 0.3) is 0 Å². The predicted molar refractivity (Wildman–Crippen MR) is 77.7 cm³/mol. The van der Waals surface area contributed by atoms with E-state index in [1.807, 2.05) is 6.92 Å². The van der Waals surface area contributed by atoms with Crippen LogP contribution in [-0.2, 0) is 11.3 Å². The lowest BCUT2D eigenvalue weighted by molar-refractivity contribution is 0.128. The number of aliphatic hydroxyl groups excluding tert-OH is 2. The number of nitrogens with zero attached hydrogens (tertiary/aromatic N) is 2. The molecule has 0 aromatic carbocycles. The molecular formula is C13H24N4O3. The van der Waals surface area contributed by atoms with Crippen LogP contribution in [0.4, 0.5) is 11.6 Å². The van der Waals surface area contributed by atoms with Crippen LogP contribution in [-0.4, -0.2) is 52.6 Å². The van der Waals surface area contributed by atoms with Crippen LogP contribution in [0.3, 0.4) is 0 Å². The molecule has 1 aromatic rings. The summed E-state index contributed by atoms with van der Waals surface area (Å²) in [5, 5.41) is 24.4. The molecule has 7 heteroatoms. The van der Waals surface area contributed by atoms with Crippen molar-refractivity contribution in [1.82, 2.24) is 9.97 Å². The van der Waals surface area contributed by atoms with E-state index in [9.17, 15) is 0 Å². The average Bonchev–Trinajstić information content (AvgIpc) is 2.48. The first-order chi connectivity index (χ1) is 9.73. The Bertz CT molecular complexity index is 360. The summed E-state index contributed by atoms with van der Waals surface area (Å²) in [6.45, 7) is 5.38. The van der Waals surface area contributed by atoms with E-state index in [0.29, 0.717) is 30.7 Å². The van der Waals surface area contributed by atoms with Crippen LogP contribution in [0.2, 0.25) is 0 Å². The Balaban J connectivity index is 2.84. The Morgan fingerprint density at radius 1 is 1.20 bits per heavy atom. The largest absolute Gasteiger partial charge is 0.394 e. The van der Waals surface area contributed by atoms with Crippen LogP contribution in [0.5, 0.6) is 0 Å². The Hall–Kier alpha value is -1.44. The van der Waals surface area contributed by atoms with E-state index in [0.717, 1.165) is 13.0 Å². The van der Waals surface area contributed by atoms with Crippen LogP contribution in [0.1, 0.15) is 26.1 Å². The third-order valence-electron chi connectivity index (χ3n) is 2.56. The molecule has 1 rings (SSSR count). The predicted octanol–water partition coefficient (Wildman–Crippen LogP) is 0.600. The van der Waals surface area contributed by atoms with Crippen LogP contribution in [0, 0.1) is 0 Å². The van der Waals surface area contributed by atoms with Gasteiger partial charge in [0.2, 0.25) is 0 Å². The number of hydrogen-bond donors (Lipinski definition) is 4. The first-order valence-corrected chi connectivity index (χ1v) is 6.91. The molecule has 0 radical (unpaired) electrons. The monoisotopic (exact) mass is 284 g/mol. The zero-order valence-corrected chi connectivity index (χ0v) is 12.1. The van der Waals surface area contributed by atoms with Gasteiger partial charge in [0.1, 0.15) is 18.2 Å². The van der Waals surface area contributed by atoms with Crippen molar-refractivity contribution in [2.45, 2.75) is 32.9 Å². The Morgan fingerprint density at radius 3 is 2.50 bits per heavy atom. The summed E-state index contributed by atoms with van der Waals surface area (Å²) in [7, 11) is 0. The van der Waals surface area contributed by atoms with Crippen LogP contribution < -0.4 is 10.6 Å². The highest BCUT2D eigenvalue weighted by atomic mass is 16.5. The van der Waals surface area contributed by atoms with E-state index < -0.39 is 6.04 Å². The molecule has 0 fully saturated rings. The Labute approximate surface area is 119 Å². The first-order valence-electron chi connectivity index (χ1n) is 6.91. The molecule has 4 N–H and O–H groups in total. The summed E-state index contributed by atoms with van der Waals surface area (Å²) in [5.74, 6) is 1.82. The standard InChI is InChI=1S/C13H24N4O3/c1-3-5-14-11-6-12(15-10(7-18)8-19)17-13(16-11)9-20-4-2/h6,10,18-19H,3-5,7-9H2,1-2H3,(H2,14,15,16,17). The van der Waals surface area contributed by atoms with Gasteiger partial charge in [-0.05, 0) is 13.3 Å². The summed E-state index contributed by atoms with van der Waals surface area (Å²) in [5.41, 5.74) is 0. The molecule has 0 saturated heterocycles. The Kier molecular flexibility index (Phi) is 7.86. The maximum atomic E-state index is 9.10. The number of nitrogens with one attached hydrogen (secondary N) is 2. The zero-order valence-electron chi connectivity index (χ0n) is 12.1. The molecule has 0 aliphatic heterocycles. The fourth-order valence-electron chi connectivity index (χ4n) is 1.53. The quantitative estimate of drug-likeness (QED) is 0.499. The molecule has 0 atom stereocenters. The van der Waals surface area contributed by atoms with Crippen molar-refractivity contribution in [3.63, 3.8) is 0 Å². The SMILES string of the molecule is CCCNc1cc(NC(CO)CO)nc(COCC)n1. The minimum Gasteiger partial charge on any atom is -0.394 e. The molecule has 7 nitrogen and oxygen atoms in total. The second-order valence-corrected chi connectivity index (χ2v) is 4.32. The van der Waals surface area contributed by atoms with Crippen molar-refractivity contribution in [2.24, 2.45) is 0 Å². The minimum absolute atomic E-state index is 0.168. The van der Waals surface area contributed by atoms with Crippen LogP contribution in [0.15, 0.2) is 6.07 Å². The normalized spacial score (nSPS) is 10.8. The molecule has 114 valence electrons. The first kappa shape index (κ1) is 16.6. The molecule has 1 aromatic heterocycles. The number of aromatic nitrogens is 2. The molecule has 0 saturated carbocycles. The van der Waals surface area contributed by atoms with E-state index in [4.69, 9.17) is 14.9 Å². The van der Waals surface area contributed by atoms with Gasteiger partial charge in [-0.3, -0.25) is 0 Å². The third kappa shape index (κ3) is 5.68. The molecule has 0 amide bonds. The topological polar surface area (TPSA) is 99.5 Å². The molecule has 0 bridgehead atoms. The van der Waals surface area contributed by atoms with E-state index in [2.05, 4.69) is 27.5 Å². The van der Waals surface area contributed by atoms with Gasteiger partial charge < -0.3 is 25.6 Å². The molecule has 1 heterocycles. The molecular weight excluding hydrogens is 260 g/mol. The maximum absolute atomic E-state index is 9.10. The second-order valence-electron chi connectivity index (χ2n) is 4.32. The number of rotatable bonds is 10. The number of anilines is 2. The smallest absolute Gasteiger partial charge is 0.158 e. The van der Waals surface area contributed by atoms with Gasteiger partial charge in [0.15, 0.2) is 5.82 Å². The lowest BCUT2D eigenvalue weighted by Gasteiger charge is -2.16. The number of ether oxygens (including phenoxy) is 1. The zero-order chi connectivity index (χ0) is 14.8. The highest BCUT2D eigenvalue weighted by Gasteiger charge is 2.09. The van der Waals surface area contributed by atoms with Crippen molar-refractivity contribution in [3.05, 3.63) is 11.9 Å². The number of aliphatic hydroxyl groups is 2. The Morgan fingerprint density at radius 2 is 1.90 bits per heavy atom. The van der Waals surface area contributed by atoms with Crippen molar-refractivity contribution in [1.29, 1.82) is 0 Å². The fraction of sp³-hybridized carbons (Fsp3) is 0.692. The van der Waals surface area contributed by atoms with E-state index >= 15 is 0 Å². The van der Waals surface area contributed by atoms with Crippen LogP contribution in [0.25, 0.3) is 0 Å².